The molecule has 0 aliphatic heterocycles. The van der Waals surface area contributed by atoms with Gasteiger partial charge >= 0.3 is 0 Å². The number of amides is 3. The fourth-order valence-corrected chi connectivity index (χ4v) is 1.86. The Bertz CT molecular complexity index is 543. The van der Waals surface area contributed by atoms with Crippen LogP contribution in [0.4, 0.5) is 11.4 Å². The van der Waals surface area contributed by atoms with Gasteiger partial charge in [-0.2, -0.15) is 0 Å². The molecule has 0 heterocycles. The van der Waals surface area contributed by atoms with E-state index in [1.807, 2.05) is 0 Å². The van der Waals surface area contributed by atoms with Crippen molar-refractivity contribution >= 4 is 29.1 Å². The molecule has 0 radical (unpaired) electrons. The highest BCUT2D eigenvalue weighted by molar-refractivity contribution is 6.01. The average molecular weight is 293 g/mol. The zero-order chi connectivity index (χ0) is 16.0. The molecule has 0 unspecified atom stereocenters. The lowest BCUT2D eigenvalue weighted by Crippen LogP contribution is -2.41. The first kappa shape index (κ1) is 16.3. The van der Waals surface area contributed by atoms with E-state index in [9.17, 15) is 14.4 Å². The maximum absolute atomic E-state index is 12.0. The highest BCUT2D eigenvalue weighted by atomic mass is 16.2. The molecule has 0 aromatic heterocycles. The van der Waals surface area contributed by atoms with Gasteiger partial charge in [0.1, 0.15) is 0 Å². The second-order valence-corrected chi connectivity index (χ2v) is 4.42. The normalized spacial score (nSPS) is 9.95. The number of hydrogen-bond donors (Lipinski definition) is 4. The number of primary amides is 2. The summed E-state index contributed by atoms with van der Waals surface area (Å²) in [5.41, 5.74) is 17.0. The molecule has 0 aliphatic carbocycles. The predicted molar refractivity (Wildman–Crippen MR) is 79.5 cm³/mol. The molecule has 21 heavy (non-hydrogen) atoms. The van der Waals surface area contributed by atoms with Crippen LogP contribution in [0.25, 0.3) is 0 Å². The van der Waals surface area contributed by atoms with E-state index in [1.54, 1.807) is 13.0 Å². The van der Waals surface area contributed by atoms with Crippen LogP contribution >= 0.6 is 0 Å². The number of anilines is 2. The highest BCUT2D eigenvalue weighted by Crippen LogP contribution is 2.23. The van der Waals surface area contributed by atoms with Crippen LogP contribution in [-0.4, -0.2) is 37.4 Å². The predicted octanol–water partition coefficient (Wildman–Crippen LogP) is -1.20. The monoisotopic (exact) mass is 293 g/mol. The van der Waals surface area contributed by atoms with Crippen LogP contribution in [0, 0.1) is 0 Å². The van der Waals surface area contributed by atoms with E-state index in [4.69, 9.17) is 17.2 Å². The van der Waals surface area contributed by atoms with Gasteiger partial charge in [-0.3, -0.25) is 14.4 Å². The molecule has 0 atom stereocenters. The Morgan fingerprint density at radius 2 is 1.71 bits per heavy atom. The summed E-state index contributed by atoms with van der Waals surface area (Å²) in [7, 11) is 0. The molecule has 7 N–H and O–H groups in total. The summed E-state index contributed by atoms with van der Waals surface area (Å²) in [5, 5.41) is 2.64. The van der Waals surface area contributed by atoms with Crippen LogP contribution in [0.1, 0.15) is 17.3 Å². The maximum atomic E-state index is 12.0. The Kier molecular flexibility index (Phi) is 5.53. The number of nitrogens with zero attached hydrogens (tertiary/aromatic N) is 1. The van der Waals surface area contributed by atoms with E-state index in [0.29, 0.717) is 17.9 Å². The number of benzene rings is 1. The van der Waals surface area contributed by atoms with Crippen LogP contribution < -0.4 is 27.4 Å². The summed E-state index contributed by atoms with van der Waals surface area (Å²) in [6.45, 7) is 1.71. The zero-order valence-corrected chi connectivity index (χ0v) is 11.8. The molecular formula is C13H19N5O3. The Labute approximate surface area is 122 Å². The summed E-state index contributed by atoms with van der Waals surface area (Å²) in [6, 6.07) is 4.57. The minimum absolute atomic E-state index is 0.251. The summed E-state index contributed by atoms with van der Waals surface area (Å²) >= 11 is 0. The van der Waals surface area contributed by atoms with Gasteiger partial charge in [0.2, 0.25) is 11.8 Å². The summed E-state index contributed by atoms with van der Waals surface area (Å²) < 4.78 is 0. The molecule has 1 aromatic carbocycles. The van der Waals surface area contributed by atoms with Crippen molar-refractivity contribution in [2.24, 2.45) is 11.5 Å². The molecule has 8 heteroatoms. The number of nitrogen functional groups attached to an aromatic ring is 1. The maximum Gasteiger partial charge on any atom is 0.253 e. The van der Waals surface area contributed by atoms with Crippen molar-refractivity contribution in [1.82, 2.24) is 5.32 Å². The van der Waals surface area contributed by atoms with E-state index < -0.39 is 11.8 Å². The Morgan fingerprint density at radius 3 is 2.19 bits per heavy atom. The zero-order valence-electron chi connectivity index (χ0n) is 11.8. The fourth-order valence-electron chi connectivity index (χ4n) is 1.86. The summed E-state index contributed by atoms with van der Waals surface area (Å²) in [5.74, 6) is -1.65. The smallest absolute Gasteiger partial charge is 0.253 e. The second kappa shape index (κ2) is 7.13. The van der Waals surface area contributed by atoms with E-state index in [0.717, 1.165) is 0 Å². The second-order valence-electron chi connectivity index (χ2n) is 4.42. The first-order chi connectivity index (χ1) is 9.85. The Hall–Kier alpha value is -2.77. The quantitative estimate of drug-likeness (QED) is 0.466. The average Bonchev–Trinajstić information content (AvgIpc) is 2.36. The molecule has 0 saturated heterocycles. The minimum atomic E-state index is -0.652. The number of rotatable bonds is 7. The van der Waals surface area contributed by atoms with Gasteiger partial charge in [0.05, 0.1) is 24.3 Å². The number of hydrogen-bond acceptors (Lipinski definition) is 5. The van der Waals surface area contributed by atoms with Gasteiger partial charge in [0.15, 0.2) is 0 Å². The first-order valence-corrected chi connectivity index (χ1v) is 6.34. The Balaban J connectivity index is 3.26. The highest BCUT2D eigenvalue weighted by Gasteiger charge is 2.19. The van der Waals surface area contributed by atoms with E-state index in [2.05, 4.69) is 5.32 Å². The SMILES string of the molecule is CCNC(=O)c1ccc(N)cc1N(CC(N)=O)CC(N)=O. The summed E-state index contributed by atoms with van der Waals surface area (Å²) in [4.78, 5) is 35.7. The number of carbonyl (C=O) groups excluding carboxylic acids is 3. The van der Waals surface area contributed by atoms with Crippen molar-refractivity contribution in [2.45, 2.75) is 6.92 Å². The third-order valence-electron chi connectivity index (χ3n) is 2.64. The molecule has 1 rings (SSSR count). The van der Waals surface area contributed by atoms with Crippen molar-refractivity contribution in [2.75, 3.05) is 30.3 Å². The molecule has 8 nitrogen and oxygen atoms in total. The largest absolute Gasteiger partial charge is 0.399 e. The topological polar surface area (TPSA) is 145 Å². The molecular weight excluding hydrogens is 274 g/mol. The van der Waals surface area contributed by atoms with Crippen LogP contribution in [0.5, 0.6) is 0 Å². The Morgan fingerprint density at radius 1 is 1.14 bits per heavy atom. The van der Waals surface area contributed by atoms with Gasteiger partial charge in [-0.1, -0.05) is 0 Å². The lowest BCUT2D eigenvalue weighted by molar-refractivity contribution is -0.117. The van der Waals surface area contributed by atoms with Crippen LogP contribution in [-0.2, 0) is 9.59 Å². The third kappa shape index (κ3) is 4.68. The summed E-state index contributed by atoms with van der Waals surface area (Å²) in [6.07, 6.45) is 0. The molecule has 0 bridgehead atoms. The third-order valence-corrected chi connectivity index (χ3v) is 2.64. The van der Waals surface area contributed by atoms with Crippen molar-refractivity contribution in [3.05, 3.63) is 23.8 Å². The van der Waals surface area contributed by atoms with Crippen molar-refractivity contribution in [1.29, 1.82) is 0 Å². The van der Waals surface area contributed by atoms with Gasteiger partial charge in [0.25, 0.3) is 5.91 Å². The number of nitrogens with one attached hydrogen (secondary N) is 1. The van der Waals surface area contributed by atoms with Gasteiger partial charge in [-0.05, 0) is 25.1 Å². The first-order valence-electron chi connectivity index (χ1n) is 6.34. The molecule has 0 spiro atoms. The minimum Gasteiger partial charge on any atom is -0.399 e. The lowest BCUT2D eigenvalue weighted by Gasteiger charge is -2.24. The molecule has 0 saturated carbocycles. The van der Waals surface area contributed by atoms with E-state index in [1.165, 1.54) is 17.0 Å². The van der Waals surface area contributed by atoms with Crippen molar-refractivity contribution in [3.63, 3.8) is 0 Å². The van der Waals surface area contributed by atoms with Crippen LogP contribution in [0.3, 0.4) is 0 Å². The van der Waals surface area contributed by atoms with Crippen molar-refractivity contribution in [3.8, 4) is 0 Å². The standard InChI is InChI=1S/C13H19N5O3/c1-2-17-13(21)9-4-3-8(14)5-10(9)18(6-11(15)19)7-12(16)20/h3-5H,2,6-7,14H2,1H3,(H2,15,19)(H2,16,20)(H,17,21). The van der Waals surface area contributed by atoms with Crippen LogP contribution in [0.15, 0.2) is 18.2 Å². The number of nitrogens with two attached hydrogens (primary N) is 3. The van der Waals surface area contributed by atoms with Gasteiger partial charge in [0, 0.05) is 12.2 Å². The fraction of sp³-hybridized carbons (Fsp3) is 0.308. The molecule has 0 fully saturated rings. The van der Waals surface area contributed by atoms with Gasteiger partial charge < -0.3 is 27.4 Å². The van der Waals surface area contributed by atoms with E-state index >= 15 is 0 Å². The lowest BCUT2D eigenvalue weighted by atomic mass is 10.1. The molecule has 1 aromatic rings. The van der Waals surface area contributed by atoms with Crippen LogP contribution in [0.2, 0.25) is 0 Å². The van der Waals surface area contributed by atoms with Gasteiger partial charge in [-0.25, -0.2) is 0 Å². The molecule has 114 valence electrons. The molecule has 0 aliphatic rings. The van der Waals surface area contributed by atoms with Gasteiger partial charge in [-0.15, -0.1) is 0 Å². The number of carbonyl (C=O) groups is 3. The molecule has 3 amide bonds. The van der Waals surface area contributed by atoms with E-state index in [-0.39, 0.29) is 24.6 Å². The van der Waals surface area contributed by atoms with Crippen molar-refractivity contribution < 1.29 is 14.4 Å².